The highest BCUT2D eigenvalue weighted by atomic mass is 32.2. The topological polar surface area (TPSA) is 49.4 Å². The SMILES string of the molecule is CC[C@@H](C)NC(=O)[C@H](C)N(Cc1cccc(C)c1)C(=O)CCSc1ccccc1. The van der Waals surface area contributed by atoms with E-state index in [-0.39, 0.29) is 17.9 Å². The second-order valence-corrected chi connectivity index (χ2v) is 8.58. The average Bonchev–Trinajstić information content (AvgIpc) is 2.72. The van der Waals surface area contributed by atoms with Crippen molar-refractivity contribution >= 4 is 23.6 Å². The maximum Gasteiger partial charge on any atom is 0.242 e. The molecule has 0 fully saturated rings. The molecule has 0 aliphatic heterocycles. The molecule has 5 heteroatoms. The molecule has 0 heterocycles. The van der Waals surface area contributed by atoms with Gasteiger partial charge >= 0.3 is 0 Å². The van der Waals surface area contributed by atoms with Gasteiger partial charge in [-0.2, -0.15) is 0 Å². The third-order valence-electron chi connectivity index (χ3n) is 4.93. The smallest absolute Gasteiger partial charge is 0.242 e. The van der Waals surface area contributed by atoms with E-state index in [4.69, 9.17) is 0 Å². The number of nitrogens with zero attached hydrogens (tertiary/aromatic N) is 1. The minimum absolute atomic E-state index is 0.00161. The number of carbonyl (C=O) groups is 2. The summed E-state index contributed by atoms with van der Waals surface area (Å²) in [6, 6.07) is 17.7. The lowest BCUT2D eigenvalue weighted by Gasteiger charge is -2.30. The monoisotopic (exact) mass is 412 g/mol. The molecule has 0 aliphatic carbocycles. The minimum Gasteiger partial charge on any atom is -0.352 e. The largest absolute Gasteiger partial charge is 0.352 e. The molecular weight excluding hydrogens is 380 g/mol. The highest BCUT2D eigenvalue weighted by Crippen LogP contribution is 2.19. The maximum atomic E-state index is 13.1. The van der Waals surface area contributed by atoms with Crippen LogP contribution in [0.25, 0.3) is 0 Å². The molecule has 2 aromatic carbocycles. The first-order valence-electron chi connectivity index (χ1n) is 10.2. The fourth-order valence-corrected chi connectivity index (χ4v) is 3.83. The second-order valence-electron chi connectivity index (χ2n) is 7.42. The number of aryl methyl sites for hydroxylation is 1. The van der Waals surface area contributed by atoms with Gasteiger partial charge in [-0.05, 0) is 44.9 Å². The summed E-state index contributed by atoms with van der Waals surface area (Å²) in [4.78, 5) is 28.6. The van der Waals surface area contributed by atoms with Crippen LogP contribution in [-0.2, 0) is 16.1 Å². The summed E-state index contributed by atoms with van der Waals surface area (Å²) in [7, 11) is 0. The van der Waals surface area contributed by atoms with Crippen molar-refractivity contribution < 1.29 is 9.59 Å². The lowest BCUT2D eigenvalue weighted by molar-refractivity contribution is -0.140. The van der Waals surface area contributed by atoms with E-state index in [0.717, 1.165) is 22.4 Å². The molecule has 2 aromatic rings. The Hall–Kier alpha value is -2.27. The second kappa shape index (κ2) is 11.7. The number of carbonyl (C=O) groups excluding carboxylic acids is 2. The molecule has 2 rings (SSSR count). The molecule has 0 unspecified atom stereocenters. The van der Waals surface area contributed by atoms with Gasteiger partial charge < -0.3 is 10.2 Å². The van der Waals surface area contributed by atoms with Crippen molar-refractivity contribution in [1.82, 2.24) is 10.2 Å². The Kier molecular flexibility index (Phi) is 9.26. The van der Waals surface area contributed by atoms with Crippen LogP contribution in [-0.4, -0.2) is 34.6 Å². The lowest BCUT2D eigenvalue weighted by Crippen LogP contribution is -2.49. The number of rotatable bonds is 10. The third kappa shape index (κ3) is 7.58. The normalized spacial score (nSPS) is 12.8. The van der Waals surface area contributed by atoms with E-state index in [9.17, 15) is 9.59 Å². The van der Waals surface area contributed by atoms with Gasteiger partial charge in [0, 0.05) is 29.7 Å². The van der Waals surface area contributed by atoms with Crippen molar-refractivity contribution in [2.75, 3.05) is 5.75 Å². The van der Waals surface area contributed by atoms with E-state index in [1.54, 1.807) is 16.7 Å². The van der Waals surface area contributed by atoms with Gasteiger partial charge in [0.05, 0.1) is 0 Å². The molecule has 0 aromatic heterocycles. The van der Waals surface area contributed by atoms with Gasteiger partial charge in [0.1, 0.15) is 6.04 Å². The number of amides is 2. The quantitative estimate of drug-likeness (QED) is 0.570. The van der Waals surface area contributed by atoms with Crippen LogP contribution in [0.15, 0.2) is 59.5 Å². The number of hydrogen-bond donors (Lipinski definition) is 1. The Morgan fingerprint density at radius 2 is 1.79 bits per heavy atom. The molecule has 0 saturated carbocycles. The van der Waals surface area contributed by atoms with Crippen molar-refractivity contribution in [2.24, 2.45) is 0 Å². The molecule has 2 atom stereocenters. The van der Waals surface area contributed by atoms with Crippen LogP contribution in [0.5, 0.6) is 0 Å². The van der Waals surface area contributed by atoms with Crippen molar-refractivity contribution in [2.45, 2.75) is 64.1 Å². The van der Waals surface area contributed by atoms with Crippen LogP contribution in [0.3, 0.4) is 0 Å². The first-order valence-corrected chi connectivity index (χ1v) is 11.2. The maximum absolute atomic E-state index is 13.1. The van der Waals surface area contributed by atoms with E-state index in [1.165, 1.54) is 0 Å². The van der Waals surface area contributed by atoms with Crippen LogP contribution in [0.1, 0.15) is 44.7 Å². The lowest BCUT2D eigenvalue weighted by atomic mass is 10.1. The minimum atomic E-state index is -0.515. The molecule has 0 aliphatic rings. The zero-order valence-electron chi connectivity index (χ0n) is 17.9. The molecule has 1 N–H and O–H groups in total. The summed E-state index contributed by atoms with van der Waals surface area (Å²) >= 11 is 1.66. The van der Waals surface area contributed by atoms with Crippen molar-refractivity contribution in [3.63, 3.8) is 0 Å². The first-order chi connectivity index (χ1) is 13.9. The van der Waals surface area contributed by atoms with E-state index < -0.39 is 6.04 Å². The number of thioether (sulfide) groups is 1. The predicted molar refractivity (Wildman–Crippen MR) is 121 cm³/mol. The molecule has 4 nitrogen and oxygen atoms in total. The van der Waals surface area contributed by atoms with Gasteiger partial charge in [-0.25, -0.2) is 0 Å². The fraction of sp³-hybridized carbons (Fsp3) is 0.417. The number of nitrogens with one attached hydrogen (secondary N) is 1. The molecule has 0 bridgehead atoms. The van der Waals surface area contributed by atoms with Crippen LogP contribution in [0, 0.1) is 6.92 Å². The van der Waals surface area contributed by atoms with Gasteiger partial charge in [-0.1, -0.05) is 55.0 Å². The fourth-order valence-electron chi connectivity index (χ4n) is 2.97. The summed E-state index contributed by atoms with van der Waals surface area (Å²) in [6.07, 6.45) is 1.25. The van der Waals surface area contributed by atoms with Crippen molar-refractivity contribution in [3.05, 3.63) is 65.7 Å². The van der Waals surface area contributed by atoms with Crippen molar-refractivity contribution in [3.8, 4) is 0 Å². The molecule has 2 amide bonds. The molecule has 156 valence electrons. The highest BCUT2D eigenvalue weighted by molar-refractivity contribution is 7.99. The van der Waals surface area contributed by atoms with Crippen LogP contribution in [0.2, 0.25) is 0 Å². The zero-order chi connectivity index (χ0) is 21.2. The Morgan fingerprint density at radius 3 is 2.45 bits per heavy atom. The molecule has 0 saturated heterocycles. The van der Waals surface area contributed by atoms with Gasteiger partial charge in [0.2, 0.25) is 11.8 Å². The average molecular weight is 413 g/mol. The molecule has 0 spiro atoms. The van der Waals surface area contributed by atoms with Gasteiger partial charge in [0.25, 0.3) is 0 Å². The molecule has 29 heavy (non-hydrogen) atoms. The third-order valence-corrected chi connectivity index (χ3v) is 5.95. The summed E-state index contributed by atoms with van der Waals surface area (Å²) in [5.41, 5.74) is 2.18. The Morgan fingerprint density at radius 1 is 1.07 bits per heavy atom. The van der Waals surface area contributed by atoms with Gasteiger partial charge in [-0.15, -0.1) is 11.8 Å². The van der Waals surface area contributed by atoms with Crippen LogP contribution >= 0.6 is 11.8 Å². The van der Waals surface area contributed by atoms with Gasteiger partial charge in [0.15, 0.2) is 0 Å². The van der Waals surface area contributed by atoms with Crippen LogP contribution < -0.4 is 5.32 Å². The number of hydrogen-bond acceptors (Lipinski definition) is 3. The van der Waals surface area contributed by atoms with E-state index >= 15 is 0 Å². The first kappa shape index (κ1) is 23.0. The van der Waals surface area contributed by atoms with E-state index in [0.29, 0.717) is 18.7 Å². The Labute approximate surface area is 179 Å². The molecule has 0 radical (unpaired) electrons. The van der Waals surface area contributed by atoms with E-state index in [1.807, 2.05) is 76.2 Å². The highest BCUT2D eigenvalue weighted by Gasteiger charge is 2.26. The Balaban J connectivity index is 2.07. The Bertz CT molecular complexity index is 794. The summed E-state index contributed by atoms with van der Waals surface area (Å²) < 4.78 is 0. The van der Waals surface area contributed by atoms with Gasteiger partial charge in [-0.3, -0.25) is 9.59 Å². The summed E-state index contributed by atoms with van der Waals surface area (Å²) in [6.45, 7) is 8.30. The number of benzene rings is 2. The summed E-state index contributed by atoms with van der Waals surface area (Å²) in [5.74, 6) is 0.588. The van der Waals surface area contributed by atoms with Crippen LogP contribution in [0.4, 0.5) is 0 Å². The summed E-state index contributed by atoms with van der Waals surface area (Å²) in [5, 5.41) is 3.01. The standard InChI is InChI=1S/C24H32N2O2S/c1-5-19(3)25-24(28)20(4)26(17-21-11-9-10-18(2)16-21)23(27)14-15-29-22-12-7-6-8-13-22/h6-13,16,19-20H,5,14-15,17H2,1-4H3,(H,25,28)/t19-,20+/m1/s1. The van der Waals surface area contributed by atoms with E-state index in [2.05, 4.69) is 11.4 Å². The molecular formula is C24H32N2O2S. The van der Waals surface area contributed by atoms with Crippen molar-refractivity contribution in [1.29, 1.82) is 0 Å². The predicted octanol–water partition coefficient (Wildman–Crippen LogP) is 4.81. The zero-order valence-corrected chi connectivity index (χ0v) is 18.7.